The molecule has 0 aromatic heterocycles. The fraction of sp³-hybridized carbons (Fsp3) is 0.0769. The first-order valence-corrected chi connectivity index (χ1v) is 6.36. The number of nitro groups is 3. The zero-order chi connectivity index (χ0) is 17.9. The summed E-state index contributed by atoms with van der Waals surface area (Å²) >= 11 is 0. The molecular formula is C13H10N4O7. The number of hydrogen-bond donors (Lipinski definition) is 1. The van der Waals surface area contributed by atoms with Gasteiger partial charge in [0.25, 0.3) is 5.69 Å². The lowest BCUT2D eigenvalue weighted by molar-refractivity contribution is -0.401. The first-order chi connectivity index (χ1) is 11.3. The Hall–Kier alpha value is -3.76. The minimum atomic E-state index is -0.938. The lowest BCUT2D eigenvalue weighted by Crippen LogP contribution is -2.04. The Kier molecular flexibility index (Phi) is 4.54. The molecule has 0 saturated carbocycles. The van der Waals surface area contributed by atoms with Crippen LogP contribution < -0.4 is 10.1 Å². The van der Waals surface area contributed by atoms with E-state index in [1.54, 1.807) is 18.2 Å². The standard InChI is InChI=1S/C13H10N4O7/c1-24-12-5-3-2-4-9(12)14-13-10(16(20)21)6-8(15(18)19)7-11(13)17(22)23/h2-7,14H,1H3. The van der Waals surface area contributed by atoms with Crippen LogP contribution in [0.1, 0.15) is 0 Å². The van der Waals surface area contributed by atoms with Crippen molar-refractivity contribution in [2.75, 3.05) is 12.4 Å². The summed E-state index contributed by atoms with van der Waals surface area (Å²) in [5, 5.41) is 35.8. The Bertz CT molecular complexity index is 802. The molecule has 0 fully saturated rings. The first kappa shape index (κ1) is 16.6. The molecular weight excluding hydrogens is 324 g/mol. The van der Waals surface area contributed by atoms with Crippen molar-refractivity contribution in [1.82, 2.24) is 0 Å². The number of nitrogens with one attached hydrogen (secondary N) is 1. The number of ether oxygens (including phenoxy) is 1. The minimum Gasteiger partial charge on any atom is -0.495 e. The molecule has 0 atom stereocenters. The highest BCUT2D eigenvalue weighted by molar-refractivity contribution is 5.82. The van der Waals surface area contributed by atoms with E-state index in [9.17, 15) is 30.3 Å². The summed E-state index contributed by atoms with van der Waals surface area (Å²) in [5.74, 6) is 0.291. The van der Waals surface area contributed by atoms with Crippen molar-refractivity contribution in [3.63, 3.8) is 0 Å². The lowest BCUT2D eigenvalue weighted by Gasteiger charge is -2.11. The highest BCUT2D eigenvalue weighted by Crippen LogP contribution is 2.41. The summed E-state index contributed by atoms with van der Waals surface area (Å²) in [6.45, 7) is 0. The Labute approximate surface area is 133 Å². The van der Waals surface area contributed by atoms with Crippen molar-refractivity contribution in [3.8, 4) is 5.75 Å². The van der Waals surface area contributed by atoms with Crippen LogP contribution in [0.3, 0.4) is 0 Å². The highest BCUT2D eigenvalue weighted by atomic mass is 16.6. The van der Waals surface area contributed by atoms with Crippen molar-refractivity contribution >= 4 is 28.4 Å². The number of benzene rings is 2. The summed E-state index contributed by atoms with van der Waals surface area (Å²) in [6.07, 6.45) is 0. The summed E-state index contributed by atoms with van der Waals surface area (Å²) < 4.78 is 5.07. The van der Waals surface area contributed by atoms with Crippen LogP contribution in [0.2, 0.25) is 0 Å². The number of nitro benzene ring substituents is 3. The van der Waals surface area contributed by atoms with Gasteiger partial charge in [0.2, 0.25) is 0 Å². The second-order valence-electron chi connectivity index (χ2n) is 4.46. The summed E-state index contributed by atoms with van der Waals surface area (Å²) in [5.41, 5.74) is -2.57. The maximum Gasteiger partial charge on any atom is 0.306 e. The van der Waals surface area contributed by atoms with Crippen molar-refractivity contribution < 1.29 is 19.5 Å². The van der Waals surface area contributed by atoms with Crippen LogP contribution in [0, 0.1) is 30.3 Å². The normalized spacial score (nSPS) is 10.0. The van der Waals surface area contributed by atoms with Crippen molar-refractivity contribution in [1.29, 1.82) is 0 Å². The Morgan fingerprint density at radius 3 is 1.92 bits per heavy atom. The number of rotatable bonds is 6. The van der Waals surface area contributed by atoms with Crippen molar-refractivity contribution in [3.05, 3.63) is 66.7 Å². The molecule has 11 nitrogen and oxygen atoms in total. The first-order valence-electron chi connectivity index (χ1n) is 6.36. The Morgan fingerprint density at radius 2 is 1.46 bits per heavy atom. The van der Waals surface area contributed by atoms with Gasteiger partial charge in [-0.05, 0) is 12.1 Å². The predicted octanol–water partition coefficient (Wildman–Crippen LogP) is 3.16. The highest BCUT2D eigenvalue weighted by Gasteiger charge is 2.31. The lowest BCUT2D eigenvalue weighted by atomic mass is 10.2. The van der Waals surface area contributed by atoms with Crippen LogP contribution in [0.15, 0.2) is 36.4 Å². The van der Waals surface area contributed by atoms with Gasteiger partial charge >= 0.3 is 11.4 Å². The van der Waals surface area contributed by atoms with Gasteiger partial charge in [-0.1, -0.05) is 12.1 Å². The van der Waals surface area contributed by atoms with E-state index in [-0.39, 0.29) is 5.69 Å². The fourth-order valence-corrected chi connectivity index (χ4v) is 2.00. The van der Waals surface area contributed by atoms with E-state index in [0.29, 0.717) is 17.9 Å². The third kappa shape index (κ3) is 3.19. The quantitative estimate of drug-likeness (QED) is 0.624. The second kappa shape index (κ2) is 6.56. The fourth-order valence-electron chi connectivity index (χ4n) is 2.00. The molecule has 24 heavy (non-hydrogen) atoms. The summed E-state index contributed by atoms with van der Waals surface area (Å²) in [4.78, 5) is 30.4. The number of methoxy groups -OCH3 is 1. The largest absolute Gasteiger partial charge is 0.495 e. The molecule has 0 aliphatic rings. The summed E-state index contributed by atoms with van der Waals surface area (Å²) in [7, 11) is 1.36. The van der Waals surface area contributed by atoms with Crippen LogP contribution >= 0.6 is 0 Å². The van der Waals surface area contributed by atoms with Gasteiger partial charge in [-0.2, -0.15) is 0 Å². The Morgan fingerprint density at radius 1 is 0.917 bits per heavy atom. The van der Waals surface area contributed by atoms with Gasteiger partial charge in [0, 0.05) is 0 Å². The second-order valence-corrected chi connectivity index (χ2v) is 4.46. The molecule has 1 N–H and O–H groups in total. The van der Waals surface area contributed by atoms with Crippen LogP contribution in [-0.4, -0.2) is 21.9 Å². The van der Waals surface area contributed by atoms with E-state index in [0.717, 1.165) is 0 Å². The molecule has 11 heteroatoms. The van der Waals surface area contributed by atoms with Crippen LogP contribution in [0.5, 0.6) is 5.75 Å². The average molecular weight is 334 g/mol. The smallest absolute Gasteiger partial charge is 0.306 e. The average Bonchev–Trinajstić information content (AvgIpc) is 2.54. The van der Waals surface area contributed by atoms with Gasteiger partial charge < -0.3 is 10.1 Å². The van der Waals surface area contributed by atoms with E-state index in [1.807, 2.05) is 0 Å². The van der Waals surface area contributed by atoms with E-state index >= 15 is 0 Å². The number of hydrogen-bond acceptors (Lipinski definition) is 8. The van der Waals surface area contributed by atoms with E-state index in [4.69, 9.17) is 4.74 Å². The van der Waals surface area contributed by atoms with Gasteiger partial charge in [0.05, 0.1) is 39.7 Å². The van der Waals surface area contributed by atoms with E-state index in [2.05, 4.69) is 5.32 Å². The molecule has 0 unspecified atom stereocenters. The maximum atomic E-state index is 11.2. The zero-order valence-electron chi connectivity index (χ0n) is 12.2. The molecule has 0 aliphatic heterocycles. The van der Waals surface area contributed by atoms with Gasteiger partial charge in [0.15, 0.2) is 5.69 Å². The molecule has 0 bridgehead atoms. The van der Waals surface area contributed by atoms with Gasteiger partial charge in [-0.25, -0.2) is 0 Å². The maximum absolute atomic E-state index is 11.2. The topological polar surface area (TPSA) is 151 Å². The zero-order valence-corrected chi connectivity index (χ0v) is 12.2. The van der Waals surface area contributed by atoms with Gasteiger partial charge in [-0.15, -0.1) is 0 Å². The van der Waals surface area contributed by atoms with E-state index < -0.39 is 37.5 Å². The Balaban J connectivity index is 2.69. The molecule has 0 saturated heterocycles. The number of para-hydroxylation sites is 2. The van der Waals surface area contributed by atoms with Gasteiger partial charge in [-0.3, -0.25) is 30.3 Å². The molecule has 124 valence electrons. The third-order valence-corrected chi connectivity index (χ3v) is 3.05. The number of non-ortho nitro benzene ring substituents is 1. The molecule has 0 aliphatic carbocycles. The molecule has 0 spiro atoms. The summed E-state index contributed by atoms with van der Waals surface area (Å²) in [6, 6.07) is 7.59. The number of anilines is 2. The predicted molar refractivity (Wildman–Crippen MR) is 82.7 cm³/mol. The molecule has 0 radical (unpaired) electrons. The molecule has 2 rings (SSSR count). The van der Waals surface area contributed by atoms with Gasteiger partial charge in [0.1, 0.15) is 5.75 Å². The van der Waals surface area contributed by atoms with Crippen molar-refractivity contribution in [2.45, 2.75) is 0 Å². The monoisotopic (exact) mass is 334 g/mol. The minimum absolute atomic E-state index is 0.236. The number of nitrogens with zero attached hydrogens (tertiary/aromatic N) is 3. The molecule has 2 aromatic rings. The molecule has 0 heterocycles. The van der Waals surface area contributed by atoms with Crippen molar-refractivity contribution in [2.24, 2.45) is 0 Å². The van der Waals surface area contributed by atoms with Crippen LogP contribution in [0.4, 0.5) is 28.4 Å². The van der Waals surface area contributed by atoms with E-state index in [1.165, 1.54) is 13.2 Å². The van der Waals surface area contributed by atoms with Crippen LogP contribution in [0.25, 0.3) is 0 Å². The van der Waals surface area contributed by atoms with Crippen LogP contribution in [-0.2, 0) is 0 Å². The molecule has 0 amide bonds. The third-order valence-electron chi connectivity index (χ3n) is 3.05. The SMILES string of the molecule is COc1ccccc1Nc1c([N+](=O)[O-])cc([N+](=O)[O-])cc1[N+](=O)[O-]. The molecule has 2 aromatic carbocycles.